The zero-order chi connectivity index (χ0) is 19.2. The summed E-state index contributed by atoms with van der Waals surface area (Å²) in [6, 6.07) is 0.779. The molecule has 2 fully saturated rings. The van der Waals surface area contributed by atoms with Gasteiger partial charge in [0.05, 0.1) is 6.10 Å². The summed E-state index contributed by atoms with van der Waals surface area (Å²) in [7, 11) is 1.97. The Morgan fingerprint density at radius 1 is 1.19 bits per heavy atom. The SMILES string of the molecule is CCNC(=NCc1nnc(C)n1C)NC1CCN(C2CCCCC2O)CC1. The van der Waals surface area contributed by atoms with Crippen LogP contribution in [0.1, 0.15) is 57.1 Å². The monoisotopic (exact) mass is 377 g/mol. The Kier molecular flexibility index (Phi) is 7.07. The van der Waals surface area contributed by atoms with E-state index in [4.69, 9.17) is 4.99 Å². The maximum Gasteiger partial charge on any atom is 0.191 e. The van der Waals surface area contributed by atoms with Crippen LogP contribution in [0, 0.1) is 6.92 Å². The topological polar surface area (TPSA) is 90.6 Å². The normalized spacial score (nSPS) is 25.6. The average molecular weight is 378 g/mol. The lowest BCUT2D eigenvalue weighted by Crippen LogP contribution is -2.53. The van der Waals surface area contributed by atoms with E-state index in [1.165, 1.54) is 12.8 Å². The van der Waals surface area contributed by atoms with Gasteiger partial charge in [-0.25, -0.2) is 4.99 Å². The molecule has 27 heavy (non-hydrogen) atoms. The number of nitrogens with zero attached hydrogens (tertiary/aromatic N) is 5. The molecule has 0 spiro atoms. The minimum Gasteiger partial charge on any atom is -0.391 e. The van der Waals surface area contributed by atoms with Crippen molar-refractivity contribution in [3.63, 3.8) is 0 Å². The Bertz CT molecular complexity index is 622. The first kappa shape index (κ1) is 20.1. The number of likely N-dealkylation sites (tertiary alicyclic amines) is 1. The maximum atomic E-state index is 10.3. The van der Waals surface area contributed by atoms with Gasteiger partial charge in [0.1, 0.15) is 12.4 Å². The van der Waals surface area contributed by atoms with Crippen LogP contribution in [-0.2, 0) is 13.6 Å². The van der Waals surface area contributed by atoms with Crippen molar-refractivity contribution in [1.82, 2.24) is 30.3 Å². The van der Waals surface area contributed by atoms with Crippen LogP contribution < -0.4 is 10.6 Å². The summed E-state index contributed by atoms with van der Waals surface area (Å²) >= 11 is 0. The van der Waals surface area contributed by atoms with E-state index in [-0.39, 0.29) is 6.10 Å². The second kappa shape index (κ2) is 9.50. The number of hydrogen-bond donors (Lipinski definition) is 3. The first-order valence-electron chi connectivity index (χ1n) is 10.4. The van der Waals surface area contributed by atoms with Crippen molar-refractivity contribution in [2.45, 2.75) is 77.1 Å². The molecule has 2 unspecified atom stereocenters. The van der Waals surface area contributed by atoms with E-state index in [9.17, 15) is 5.11 Å². The molecule has 1 saturated carbocycles. The molecule has 1 aliphatic heterocycles. The smallest absolute Gasteiger partial charge is 0.191 e. The first-order valence-corrected chi connectivity index (χ1v) is 10.4. The van der Waals surface area contributed by atoms with Gasteiger partial charge in [-0.1, -0.05) is 12.8 Å². The third-order valence-corrected chi connectivity index (χ3v) is 5.94. The first-order chi connectivity index (χ1) is 13.1. The van der Waals surface area contributed by atoms with Gasteiger partial charge in [0, 0.05) is 38.8 Å². The Hall–Kier alpha value is -1.67. The molecule has 0 radical (unpaired) electrons. The molecule has 8 heteroatoms. The van der Waals surface area contributed by atoms with Gasteiger partial charge in [0.25, 0.3) is 0 Å². The van der Waals surface area contributed by atoms with E-state index >= 15 is 0 Å². The van der Waals surface area contributed by atoms with E-state index in [1.807, 2.05) is 18.5 Å². The van der Waals surface area contributed by atoms with Gasteiger partial charge < -0.3 is 20.3 Å². The van der Waals surface area contributed by atoms with E-state index in [0.29, 0.717) is 18.6 Å². The second-order valence-electron chi connectivity index (χ2n) is 7.79. The highest BCUT2D eigenvalue weighted by Crippen LogP contribution is 2.25. The van der Waals surface area contributed by atoms with Crippen molar-refractivity contribution < 1.29 is 5.11 Å². The Morgan fingerprint density at radius 2 is 1.93 bits per heavy atom. The molecule has 2 atom stereocenters. The third-order valence-electron chi connectivity index (χ3n) is 5.94. The average Bonchev–Trinajstić information content (AvgIpc) is 2.99. The van der Waals surface area contributed by atoms with Crippen molar-refractivity contribution in [1.29, 1.82) is 0 Å². The van der Waals surface area contributed by atoms with Gasteiger partial charge in [-0.05, 0) is 39.5 Å². The van der Waals surface area contributed by atoms with Crippen molar-refractivity contribution in [3.05, 3.63) is 11.6 Å². The van der Waals surface area contributed by atoms with E-state index in [1.54, 1.807) is 0 Å². The number of guanidine groups is 1. The van der Waals surface area contributed by atoms with Gasteiger partial charge in [-0.15, -0.1) is 10.2 Å². The van der Waals surface area contributed by atoms with Crippen LogP contribution in [0.15, 0.2) is 4.99 Å². The number of aromatic nitrogens is 3. The zero-order valence-corrected chi connectivity index (χ0v) is 17.0. The molecule has 8 nitrogen and oxygen atoms in total. The molecule has 3 rings (SSSR count). The van der Waals surface area contributed by atoms with Gasteiger partial charge >= 0.3 is 0 Å². The highest BCUT2D eigenvalue weighted by atomic mass is 16.3. The molecule has 1 aliphatic carbocycles. The van der Waals surface area contributed by atoms with Crippen LogP contribution in [0.4, 0.5) is 0 Å². The Balaban J connectivity index is 1.51. The van der Waals surface area contributed by atoms with Crippen LogP contribution in [-0.4, -0.2) is 68.6 Å². The molecule has 0 bridgehead atoms. The van der Waals surface area contributed by atoms with Crippen LogP contribution in [0.2, 0.25) is 0 Å². The molecule has 2 aliphatic rings. The predicted octanol–water partition coefficient (Wildman–Crippen LogP) is 0.947. The Labute approximate surface area is 162 Å². The molecule has 1 aromatic rings. The summed E-state index contributed by atoms with van der Waals surface area (Å²) in [5.41, 5.74) is 0. The quantitative estimate of drug-likeness (QED) is 0.523. The zero-order valence-electron chi connectivity index (χ0n) is 17.0. The molecule has 1 saturated heterocycles. The largest absolute Gasteiger partial charge is 0.391 e. The fourth-order valence-corrected chi connectivity index (χ4v) is 4.14. The molecule has 2 heterocycles. The lowest BCUT2D eigenvalue weighted by atomic mass is 9.89. The number of aliphatic hydroxyl groups excluding tert-OH is 1. The minimum absolute atomic E-state index is 0.142. The van der Waals surface area contributed by atoms with E-state index in [2.05, 4.69) is 32.7 Å². The number of aliphatic imine (C=N–C) groups is 1. The van der Waals surface area contributed by atoms with E-state index < -0.39 is 0 Å². The van der Waals surface area contributed by atoms with Crippen molar-refractivity contribution in [2.24, 2.45) is 12.0 Å². The van der Waals surface area contributed by atoms with Crippen LogP contribution in [0.25, 0.3) is 0 Å². The molecular weight excluding hydrogens is 342 g/mol. The molecular formula is C19H35N7O. The van der Waals surface area contributed by atoms with Crippen molar-refractivity contribution >= 4 is 5.96 Å². The van der Waals surface area contributed by atoms with Gasteiger partial charge in [0.2, 0.25) is 0 Å². The number of aryl methyl sites for hydroxylation is 1. The van der Waals surface area contributed by atoms with Crippen LogP contribution >= 0.6 is 0 Å². The van der Waals surface area contributed by atoms with Crippen molar-refractivity contribution in [3.8, 4) is 0 Å². The number of nitrogens with one attached hydrogen (secondary N) is 2. The number of hydrogen-bond acceptors (Lipinski definition) is 5. The standard InChI is InChI=1S/C19H35N7O/c1-4-20-19(21-13-18-24-23-14(2)25(18)3)22-15-9-11-26(12-10-15)16-7-5-6-8-17(16)27/h15-17,27H,4-13H2,1-3H3,(H2,20,21,22). The molecule has 3 N–H and O–H groups in total. The van der Waals surface area contributed by atoms with Crippen molar-refractivity contribution in [2.75, 3.05) is 19.6 Å². The summed E-state index contributed by atoms with van der Waals surface area (Å²) in [4.78, 5) is 7.18. The Morgan fingerprint density at radius 3 is 2.56 bits per heavy atom. The fraction of sp³-hybridized carbons (Fsp3) is 0.842. The van der Waals surface area contributed by atoms with Gasteiger partial charge in [0.15, 0.2) is 11.8 Å². The number of aliphatic hydroxyl groups is 1. The summed E-state index contributed by atoms with van der Waals surface area (Å²) < 4.78 is 1.97. The van der Waals surface area contributed by atoms with Gasteiger partial charge in [-0.3, -0.25) is 4.90 Å². The predicted molar refractivity (Wildman–Crippen MR) is 107 cm³/mol. The summed E-state index contributed by atoms with van der Waals surface area (Å²) in [5.74, 6) is 2.61. The van der Waals surface area contributed by atoms with Crippen LogP contribution in [0.5, 0.6) is 0 Å². The molecule has 0 aromatic carbocycles. The van der Waals surface area contributed by atoms with Crippen LogP contribution in [0.3, 0.4) is 0 Å². The minimum atomic E-state index is -0.142. The van der Waals surface area contributed by atoms with E-state index in [0.717, 1.165) is 62.9 Å². The highest BCUT2D eigenvalue weighted by molar-refractivity contribution is 5.80. The second-order valence-corrected chi connectivity index (χ2v) is 7.79. The van der Waals surface area contributed by atoms with Gasteiger partial charge in [-0.2, -0.15) is 0 Å². The maximum absolute atomic E-state index is 10.3. The summed E-state index contributed by atoms with van der Waals surface area (Å²) in [6.45, 7) is 7.45. The molecule has 1 aromatic heterocycles. The lowest BCUT2D eigenvalue weighted by molar-refractivity contribution is 0.00810. The highest BCUT2D eigenvalue weighted by Gasteiger charge is 2.31. The fourth-order valence-electron chi connectivity index (χ4n) is 4.14. The number of rotatable bonds is 5. The third kappa shape index (κ3) is 5.19. The molecule has 152 valence electrons. The lowest BCUT2D eigenvalue weighted by Gasteiger charge is -2.41. The number of piperidine rings is 1. The summed E-state index contributed by atoms with van der Waals surface area (Å²) in [6.07, 6.45) is 6.54. The summed E-state index contributed by atoms with van der Waals surface area (Å²) in [5, 5.41) is 25.5. The molecule has 0 amide bonds.